The normalized spacial score (nSPS) is 10.9. The maximum atomic E-state index is 12.1. The summed E-state index contributed by atoms with van der Waals surface area (Å²) < 4.78 is 3.84. The highest BCUT2D eigenvalue weighted by atomic mass is 16.2. The summed E-state index contributed by atoms with van der Waals surface area (Å²) in [5, 5.41) is 2.66. The Kier molecular flexibility index (Phi) is 3.24. The van der Waals surface area contributed by atoms with Crippen molar-refractivity contribution in [3.05, 3.63) is 27.2 Å². The molecule has 0 radical (unpaired) electrons. The fourth-order valence-electron chi connectivity index (χ4n) is 1.82. The number of amides is 1. The third-order valence-corrected chi connectivity index (χ3v) is 2.98. The van der Waals surface area contributed by atoms with Gasteiger partial charge in [0, 0.05) is 20.5 Å². The first-order valence-corrected chi connectivity index (χ1v) is 5.85. The number of nitrogens with zero attached hydrogens (tertiary/aromatic N) is 4. The number of carbonyl (C=O) groups is 1. The van der Waals surface area contributed by atoms with Crippen molar-refractivity contribution >= 4 is 17.1 Å². The minimum Gasteiger partial charge on any atom is -0.338 e. The molecule has 8 nitrogen and oxygen atoms in total. The van der Waals surface area contributed by atoms with E-state index in [0.29, 0.717) is 17.6 Å². The number of hydrogen-bond donors (Lipinski definition) is 1. The molecule has 2 aromatic rings. The molecule has 1 amide bonds. The Labute approximate surface area is 108 Å². The van der Waals surface area contributed by atoms with Crippen LogP contribution in [0, 0.1) is 0 Å². The monoisotopic (exact) mass is 265 g/mol. The molecule has 1 N–H and O–H groups in total. The van der Waals surface area contributed by atoms with E-state index in [9.17, 15) is 14.4 Å². The summed E-state index contributed by atoms with van der Waals surface area (Å²) in [4.78, 5) is 39.1. The van der Waals surface area contributed by atoms with Crippen LogP contribution in [0.4, 0.5) is 0 Å². The minimum absolute atomic E-state index is 0.122. The second-order valence-electron chi connectivity index (χ2n) is 4.20. The predicted molar refractivity (Wildman–Crippen MR) is 68.6 cm³/mol. The van der Waals surface area contributed by atoms with Crippen molar-refractivity contribution in [1.29, 1.82) is 0 Å². The molecule has 0 saturated carbocycles. The van der Waals surface area contributed by atoms with Crippen molar-refractivity contribution in [3.63, 3.8) is 0 Å². The van der Waals surface area contributed by atoms with Crippen LogP contribution in [-0.4, -0.2) is 24.6 Å². The van der Waals surface area contributed by atoms with Gasteiger partial charge in [-0.1, -0.05) is 6.92 Å². The lowest BCUT2D eigenvalue weighted by atomic mass is 10.4. The molecule has 2 rings (SSSR count). The van der Waals surface area contributed by atoms with E-state index >= 15 is 0 Å². The van der Waals surface area contributed by atoms with E-state index in [1.807, 2.05) is 0 Å². The first kappa shape index (κ1) is 13.1. The molecular weight excluding hydrogens is 250 g/mol. The predicted octanol–water partition coefficient (Wildman–Crippen LogP) is -1.08. The van der Waals surface area contributed by atoms with Gasteiger partial charge in [0.25, 0.3) is 5.56 Å². The molecule has 102 valence electrons. The summed E-state index contributed by atoms with van der Waals surface area (Å²) in [5.41, 5.74) is -0.262. The summed E-state index contributed by atoms with van der Waals surface area (Å²) in [6.45, 7) is 1.89. The van der Waals surface area contributed by atoms with Crippen molar-refractivity contribution < 1.29 is 4.79 Å². The lowest BCUT2D eigenvalue weighted by Gasteiger charge is -2.07. The zero-order chi connectivity index (χ0) is 14.2. The van der Waals surface area contributed by atoms with Crippen LogP contribution in [0.25, 0.3) is 11.2 Å². The van der Waals surface area contributed by atoms with Crippen LogP contribution in [0.1, 0.15) is 13.3 Å². The molecule has 0 aliphatic rings. The minimum atomic E-state index is -0.430. The third kappa shape index (κ3) is 2.05. The zero-order valence-electron chi connectivity index (χ0n) is 11.0. The largest absolute Gasteiger partial charge is 0.338 e. The SMILES string of the molecule is CCC(=O)NCn1cnc2c1c(=O)n(C)c(=O)n2C. The van der Waals surface area contributed by atoms with E-state index in [0.717, 1.165) is 4.57 Å². The van der Waals surface area contributed by atoms with E-state index in [1.165, 1.54) is 22.5 Å². The molecule has 19 heavy (non-hydrogen) atoms. The lowest BCUT2D eigenvalue weighted by Crippen LogP contribution is -2.38. The summed E-state index contributed by atoms with van der Waals surface area (Å²) in [6, 6.07) is 0. The average Bonchev–Trinajstić information content (AvgIpc) is 2.84. The van der Waals surface area contributed by atoms with E-state index in [4.69, 9.17) is 0 Å². The zero-order valence-corrected chi connectivity index (χ0v) is 11.0. The molecule has 0 bridgehead atoms. The maximum Gasteiger partial charge on any atom is 0.332 e. The van der Waals surface area contributed by atoms with E-state index in [2.05, 4.69) is 10.3 Å². The van der Waals surface area contributed by atoms with Crippen LogP contribution < -0.4 is 16.6 Å². The fraction of sp³-hybridized carbons (Fsp3) is 0.455. The molecule has 0 aliphatic carbocycles. The van der Waals surface area contributed by atoms with Crippen LogP contribution in [0.5, 0.6) is 0 Å². The van der Waals surface area contributed by atoms with Crippen molar-refractivity contribution in [1.82, 2.24) is 24.0 Å². The van der Waals surface area contributed by atoms with Crippen molar-refractivity contribution in [2.24, 2.45) is 14.1 Å². The van der Waals surface area contributed by atoms with Gasteiger partial charge in [0.15, 0.2) is 11.2 Å². The third-order valence-electron chi connectivity index (χ3n) is 2.98. The van der Waals surface area contributed by atoms with Crippen molar-refractivity contribution in [2.75, 3.05) is 0 Å². The molecule has 2 aromatic heterocycles. The van der Waals surface area contributed by atoms with Gasteiger partial charge in [0.05, 0.1) is 13.0 Å². The van der Waals surface area contributed by atoms with Crippen LogP contribution in [0.15, 0.2) is 15.9 Å². The first-order chi connectivity index (χ1) is 8.97. The van der Waals surface area contributed by atoms with E-state index in [1.54, 1.807) is 14.0 Å². The van der Waals surface area contributed by atoms with Gasteiger partial charge in [0.1, 0.15) is 0 Å². The van der Waals surface area contributed by atoms with Gasteiger partial charge in [-0.2, -0.15) is 0 Å². The molecule has 0 aliphatic heterocycles. The van der Waals surface area contributed by atoms with Crippen LogP contribution in [0.3, 0.4) is 0 Å². The Morgan fingerprint density at radius 2 is 2.00 bits per heavy atom. The number of nitrogens with one attached hydrogen (secondary N) is 1. The second kappa shape index (κ2) is 4.71. The average molecular weight is 265 g/mol. The van der Waals surface area contributed by atoms with Gasteiger partial charge in [-0.15, -0.1) is 0 Å². The molecule has 2 heterocycles. The topological polar surface area (TPSA) is 90.9 Å². The van der Waals surface area contributed by atoms with Crippen LogP contribution >= 0.6 is 0 Å². The fourth-order valence-corrected chi connectivity index (χ4v) is 1.82. The van der Waals surface area contributed by atoms with Gasteiger partial charge >= 0.3 is 5.69 Å². The van der Waals surface area contributed by atoms with Gasteiger partial charge in [0.2, 0.25) is 5.91 Å². The van der Waals surface area contributed by atoms with Gasteiger partial charge < -0.3 is 9.88 Å². The second-order valence-corrected chi connectivity index (χ2v) is 4.20. The molecule has 0 aromatic carbocycles. The number of carbonyl (C=O) groups excluding carboxylic acids is 1. The van der Waals surface area contributed by atoms with E-state index < -0.39 is 11.2 Å². The molecular formula is C11H15N5O3. The molecule has 0 atom stereocenters. The van der Waals surface area contributed by atoms with Crippen LogP contribution in [-0.2, 0) is 25.6 Å². The Hall–Kier alpha value is -2.38. The quantitative estimate of drug-likeness (QED) is 0.764. The highest BCUT2D eigenvalue weighted by molar-refractivity contribution is 5.75. The lowest BCUT2D eigenvalue weighted by molar-refractivity contribution is -0.121. The van der Waals surface area contributed by atoms with Crippen LogP contribution in [0.2, 0.25) is 0 Å². The van der Waals surface area contributed by atoms with E-state index in [-0.39, 0.29) is 12.6 Å². The highest BCUT2D eigenvalue weighted by Crippen LogP contribution is 2.04. The Balaban J connectivity index is 2.57. The Morgan fingerprint density at radius 1 is 1.32 bits per heavy atom. The molecule has 0 unspecified atom stereocenters. The van der Waals surface area contributed by atoms with Gasteiger partial charge in [-0.3, -0.25) is 18.7 Å². The van der Waals surface area contributed by atoms with Crippen molar-refractivity contribution in [2.45, 2.75) is 20.0 Å². The van der Waals surface area contributed by atoms with Gasteiger partial charge in [-0.25, -0.2) is 9.78 Å². The molecule has 0 saturated heterocycles. The first-order valence-electron chi connectivity index (χ1n) is 5.85. The highest BCUT2D eigenvalue weighted by Gasteiger charge is 2.14. The summed E-state index contributed by atoms with van der Waals surface area (Å²) in [6.07, 6.45) is 1.80. The molecule has 8 heteroatoms. The number of hydrogen-bond acceptors (Lipinski definition) is 4. The Bertz CT molecular complexity index is 752. The molecule has 0 spiro atoms. The van der Waals surface area contributed by atoms with Gasteiger partial charge in [-0.05, 0) is 0 Å². The number of imidazole rings is 1. The number of aryl methyl sites for hydroxylation is 1. The number of fused-ring (bicyclic) bond motifs is 1. The maximum absolute atomic E-state index is 12.1. The number of rotatable bonds is 3. The summed E-state index contributed by atoms with van der Waals surface area (Å²) in [7, 11) is 2.96. The summed E-state index contributed by atoms with van der Waals surface area (Å²) in [5.74, 6) is -0.122. The van der Waals surface area contributed by atoms with Crippen molar-refractivity contribution in [3.8, 4) is 0 Å². The summed E-state index contributed by atoms with van der Waals surface area (Å²) >= 11 is 0. The molecule has 0 fully saturated rings. The Morgan fingerprint density at radius 3 is 2.63 bits per heavy atom. The standard InChI is InChI=1S/C11H15N5O3/c1-4-7(17)12-5-16-6-13-9-8(16)10(18)15(3)11(19)14(9)2/h6H,4-5H2,1-3H3,(H,12,17). The smallest absolute Gasteiger partial charge is 0.332 e. The number of aromatic nitrogens is 4.